The van der Waals surface area contributed by atoms with Gasteiger partial charge in [0, 0.05) is 23.1 Å². The summed E-state index contributed by atoms with van der Waals surface area (Å²) in [5.41, 5.74) is 0.690. The molecule has 0 aliphatic carbocycles. The highest BCUT2D eigenvalue weighted by Gasteiger charge is 2.24. The van der Waals surface area contributed by atoms with Crippen molar-refractivity contribution in [3.63, 3.8) is 0 Å². The number of aliphatic hydroxyl groups excluding tert-OH is 1. The average Bonchev–Trinajstić information content (AvgIpc) is 2.27. The van der Waals surface area contributed by atoms with E-state index in [4.69, 9.17) is 0 Å². The van der Waals surface area contributed by atoms with E-state index in [1.54, 1.807) is 6.07 Å². The van der Waals surface area contributed by atoms with Crippen LogP contribution in [0.1, 0.15) is 18.9 Å². The van der Waals surface area contributed by atoms with Crippen LogP contribution in [0.5, 0.6) is 0 Å². The van der Waals surface area contributed by atoms with Gasteiger partial charge >= 0.3 is 0 Å². The summed E-state index contributed by atoms with van der Waals surface area (Å²) in [6.45, 7) is 4.19. The lowest BCUT2D eigenvalue weighted by atomic mass is 9.96. The second-order valence-corrected chi connectivity index (χ2v) is 5.72. The molecule has 1 aliphatic rings. The molecule has 0 bridgehead atoms. The number of hydrogen-bond acceptors (Lipinski definition) is 2. The Bertz CT molecular complexity index is 399. The maximum atomic E-state index is 13.7. The molecule has 0 saturated carbocycles. The lowest BCUT2D eigenvalue weighted by molar-refractivity contribution is 0.0255. The minimum absolute atomic E-state index is 0.188. The topological polar surface area (TPSA) is 23.5 Å². The van der Waals surface area contributed by atoms with Gasteiger partial charge in [0.05, 0.1) is 6.10 Å². The fourth-order valence-electron chi connectivity index (χ4n) is 2.15. The Hall–Kier alpha value is -0.450. The Morgan fingerprint density at radius 3 is 2.94 bits per heavy atom. The lowest BCUT2D eigenvalue weighted by Crippen LogP contribution is -2.42. The highest BCUT2D eigenvalue weighted by atomic mass is 79.9. The van der Waals surface area contributed by atoms with Crippen molar-refractivity contribution in [2.24, 2.45) is 5.92 Å². The first-order valence-electron chi connectivity index (χ1n) is 5.90. The summed E-state index contributed by atoms with van der Waals surface area (Å²) in [6, 6.07) is 5.13. The maximum absolute atomic E-state index is 13.7. The van der Waals surface area contributed by atoms with E-state index in [1.807, 2.05) is 6.07 Å². The number of nitrogens with zero attached hydrogens (tertiary/aromatic N) is 1. The zero-order valence-electron chi connectivity index (χ0n) is 9.87. The molecule has 2 atom stereocenters. The molecule has 17 heavy (non-hydrogen) atoms. The van der Waals surface area contributed by atoms with Crippen molar-refractivity contribution >= 4 is 15.9 Å². The first-order valence-corrected chi connectivity index (χ1v) is 6.70. The van der Waals surface area contributed by atoms with Crippen LogP contribution in [0.4, 0.5) is 4.39 Å². The van der Waals surface area contributed by atoms with Crippen LogP contribution in [-0.4, -0.2) is 29.2 Å². The van der Waals surface area contributed by atoms with Gasteiger partial charge in [-0.1, -0.05) is 28.9 Å². The van der Waals surface area contributed by atoms with Crippen molar-refractivity contribution in [1.29, 1.82) is 0 Å². The number of aliphatic hydroxyl groups is 1. The second-order valence-electron chi connectivity index (χ2n) is 4.80. The third-order valence-corrected chi connectivity index (χ3v) is 3.91. The highest BCUT2D eigenvalue weighted by Crippen LogP contribution is 2.21. The quantitative estimate of drug-likeness (QED) is 0.908. The zero-order chi connectivity index (χ0) is 12.4. The fraction of sp³-hybridized carbons (Fsp3) is 0.538. The van der Waals surface area contributed by atoms with E-state index in [0.29, 0.717) is 24.6 Å². The standard InChI is InChI=1S/C13H17BrFNO/c1-9-4-5-16(8-13(9)17)7-10-2-3-11(14)6-12(10)15/h2-3,6,9,13,17H,4-5,7-8H2,1H3. The van der Waals surface area contributed by atoms with Gasteiger partial charge in [0.25, 0.3) is 0 Å². The van der Waals surface area contributed by atoms with Gasteiger partial charge in [-0.25, -0.2) is 4.39 Å². The van der Waals surface area contributed by atoms with Gasteiger partial charge in [-0.15, -0.1) is 0 Å². The molecule has 0 amide bonds. The van der Waals surface area contributed by atoms with Crippen molar-refractivity contribution in [3.05, 3.63) is 34.1 Å². The maximum Gasteiger partial charge on any atom is 0.128 e. The van der Waals surface area contributed by atoms with Crippen molar-refractivity contribution in [1.82, 2.24) is 4.90 Å². The number of piperidine rings is 1. The van der Waals surface area contributed by atoms with Gasteiger partial charge in [0.15, 0.2) is 0 Å². The van der Waals surface area contributed by atoms with Gasteiger partial charge < -0.3 is 5.11 Å². The largest absolute Gasteiger partial charge is 0.392 e. The summed E-state index contributed by atoms with van der Waals surface area (Å²) in [4.78, 5) is 2.11. The molecule has 1 aliphatic heterocycles. The molecular formula is C13H17BrFNO. The van der Waals surface area contributed by atoms with Crippen LogP contribution in [0, 0.1) is 11.7 Å². The summed E-state index contributed by atoms with van der Waals surface area (Å²) in [6.07, 6.45) is 0.682. The van der Waals surface area contributed by atoms with Crippen molar-refractivity contribution in [2.75, 3.05) is 13.1 Å². The number of likely N-dealkylation sites (tertiary alicyclic amines) is 1. The molecule has 0 aromatic heterocycles. The predicted molar refractivity (Wildman–Crippen MR) is 69.2 cm³/mol. The van der Waals surface area contributed by atoms with E-state index < -0.39 is 0 Å². The Labute approximate surface area is 110 Å². The first-order chi connectivity index (χ1) is 8.06. The Kier molecular flexibility index (Phi) is 4.17. The number of benzene rings is 1. The number of hydrogen-bond donors (Lipinski definition) is 1. The van der Waals surface area contributed by atoms with Crippen LogP contribution in [0.2, 0.25) is 0 Å². The molecule has 4 heteroatoms. The zero-order valence-corrected chi connectivity index (χ0v) is 11.5. The number of rotatable bonds is 2. The second kappa shape index (κ2) is 5.46. The molecule has 0 radical (unpaired) electrons. The van der Waals surface area contributed by atoms with Gasteiger partial charge in [-0.05, 0) is 31.0 Å². The van der Waals surface area contributed by atoms with Crippen LogP contribution in [-0.2, 0) is 6.54 Å². The summed E-state index contributed by atoms with van der Waals surface area (Å²) in [7, 11) is 0. The SMILES string of the molecule is CC1CCN(Cc2ccc(Br)cc2F)CC1O. The van der Waals surface area contributed by atoms with Crippen LogP contribution >= 0.6 is 15.9 Å². The molecule has 94 valence electrons. The van der Waals surface area contributed by atoms with Gasteiger partial charge in [-0.3, -0.25) is 4.90 Å². The van der Waals surface area contributed by atoms with Gasteiger partial charge in [0.1, 0.15) is 5.82 Å². The van der Waals surface area contributed by atoms with Crippen LogP contribution in [0.25, 0.3) is 0 Å². The van der Waals surface area contributed by atoms with Crippen molar-refractivity contribution in [2.45, 2.75) is 26.0 Å². The first kappa shape index (κ1) is 13.0. The Morgan fingerprint density at radius 1 is 1.53 bits per heavy atom. The number of halogens is 2. The fourth-order valence-corrected chi connectivity index (χ4v) is 2.48. The van der Waals surface area contributed by atoms with E-state index in [0.717, 1.165) is 17.4 Å². The van der Waals surface area contributed by atoms with Crippen LogP contribution < -0.4 is 0 Å². The summed E-state index contributed by atoms with van der Waals surface area (Å²) >= 11 is 3.25. The summed E-state index contributed by atoms with van der Waals surface area (Å²) in [5, 5.41) is 9.80. The van der Waals surface area contributed by atoms with Gasteiger partial charge in [0.2, 0.25) is 0 Å². The Morgan fingerprint density at radius 2 is 2.29 bits per heavy atom. The monoisotopic (exact) mass is 301 g/mol. The van der Waals surface area contributed by atoms with Crippen molar-refractivity contribution in [3.8, 4) is 0 Å². The van der Waals surface area contributed by atoms with Crippen molar-refractivity contribution < 1.29 is 9.50 Å². The average molecular weight is 302 g/mol. The highest BCUT2D eigenvalue weighted by molar-refractivity contribution is 9.10. The molecule has 1 aromatic carbocycles. The van der Waals surface area contributed by atoms with E-state index in [-0.39, 0.29) is 11.9 Å². The van der Waals surface area contributed by atoms with Gasteiger partial charge in [-0.2, -0.15) is 0 Å². The van der Waals surface area contributed by atoms with Crippen LogP contribution in [0.15, 0.2) is 22.7 Å². The number of β-amino-alcohol motifs (C(OH)–C–C–N with tert-alkyl or cyclic N) is 1. The van der Waals surface area contributed by atoms with Crippen LogP contribution in [0.3, 0.4) is 0 Å². The normalized spacial score (nSPS) is 26.1. The molecule has 0 spiro atoms. The third kappa shape index (κ3) is 3.27. The third-order valence-electron chi connectivity index (χ3n) is 3.41. The predicted octanol–water partition coefficient (Wildman–Crippen LogP) is 2.79. The molecule has 2 rings (SSSR count). The summed E-state index contributed by atoms with van der Waals surface area (Å²) in [5.74, 6) is 0.161. The molecule has 2 unspecified atom stereocenters. The molecule has 1 fully saturated rings. The molecule has 1 saturated heterocycles. The van der Waals surface area contributed by atoms with E-state index in [1.165, 1.54) is 6.07 Å². The molecule has 1 aromatic rings. The molecular weight excluding hydrogens is 285 g/mol. The minimum Gasteiger partial charge on any atom is -0.392 e. The summed E-state index contributed by atoms with van der Waals surface area (Å²) < 4.78 is 14.4. The lowest BCUT2D eigenvalue weighted by Gasteiger charge is -2.34. The van der Waals surface area contributed by atoms with E-state index >= 15 is 0 Å². The van der Waals surface area contributed by atoms with E-state index in [9.17, 15) is 9.50 Å². The molecule has 1 N–H and O–H groups in total. The minimum atomic E-state index is -0.290. The smallest absolute Gasteiger partial charge is 0.128 e. The Balaban J connectivity index is 2.01. The molecule has 2 nitrogen and oxygen atoms in total. The molecule has 1 heterocycles. The van der Waals surface area contributed by atoms with E-state index in [2.05, 4.69) is 27.8 Å².